The van der Waals surface area contributed by atoms with Crippen LogP contribution in [0.1, 0.15) is 49.0 Å². The van der Waals surface area contributed by atoms with E-state index >= 15 is 0 Å². The number of carbonyl (C=O) groups excluding carboxylic acids is 1. The topological polar surface area (TPSA) is 20.3 Å². The molecule has 3 heteroatoms. The van der Waals surface area contributed by atoms with Gasteiger partial charge in [-0.05, 0) is 50.8 Å². The van der Waals surface area contributed by atoms with Crippen molar-refractivity contribution in [3.05, 3.63) is 35.4 Å². The minimum Gasteiger partial charge on any atom is -0.333 e. The monoisotopic (exact) mass is 265 g/mol. The molecule has 1 aromatic rings. The number of hydrogen-bond donors (Lipinski definition) is 0. The fraction of sp³-hybridized carbons (Fsp3) is 0.533. The Hall–Kier alpha value is -1.02. The number of piperidine rings is 1. The third kappa shape index (κ3) is 2.69. The number of halogens is 1. The second-order valence-electron chi connectivity index (χ2n) is 5.18. The van der Waals surface area contributed by atoms with Gasteiger partial charge in [-0.3, -0.25) is 4.79 Å². The van der Waals surface area contributed by atoms with Crippen molar-refractivity contribution < 1.29 is 4.79 Å². The van der Waals surface area contributed by atoms with Gasteiger partial charge in [-0.15, -0.1) is 11.6 Å². The molecule has 1 saturated heterocycles. The summed E-state index contributed by atoms with van der Waals surface area (Å²) in [6.45, 7) is 4.28. The van der Waals surface area contributed by atoms with E-state index in [0.717, 1.165) is 24.0 Å². The van der Waals surface area contributed by atoms with Gasteiger partial charge in [0.2, 0.25) is 0 Å². The van der Waals surface area contributed by atoms with E-state index in [2.05, 4.69) is 13.8 Å². The summed E-state index contributed by atoms with van der Waals surface area (Å²) in [6, 6.07) is 8.31. The van der Waals surface area contributed by atoms with Gasteiger partial charge in [-0.1, -0.05) is 12.1 Å². The van der Waals surface area contributed by atoms with E-state index in [1.807, 2.05) is 29.2 Å². The summed E-state index contributed by atoms with van der Waals surface area (Å²) in [5.74, 6) is 0.591. The first-order chi connectivity index (χ1) is 8.63. The van der Waals surface area contributed by atoms with E-state index in [1.54, 1.807) is 0 Å². The lowest BCUT2D eigenvalue weighted by atomic mass is 9.96. The molecule has 1 amide bonds. The van der Waals surface area contributed by atoms with Crippen molar-refractivity contribution in [2.45, 2.75) is 51.1 Å². The lowest BCUT2D eigenvalue weighted by Gasteiger charge is -2.39. The van der Waals surface area contributed by atoms with E-state index < -0.39 is 0 Å². The number of rotatable bonds is 2. The van der Waals surface area contributed by atoms with Crippen molar-refractivity contribution >= 4 is 17.5 Å². The molecule has 1 aromatic carbocycles. The van der Waals surface area contributed by atoms with Crippen LogP contribution in [0.25, 0.3) is 0 Å². The van der Waals surface area contributed by atoms with Crippen LogP contribution in [0.15, 0.2) is 24.3 Å². The maximum atomic E-state index is 12.6. The zero-order valence-electron chi connectivity index (χ0n) is 11.0. The average Bonchev–Trinajstić information content (AvgIpc) is 2.38. The summed E-state index contributed by atoms with van der Waals surface area (Å²) in [5, 5.41) is 0. The summed E-state index contributed by atoms with van der Waals surface area (Å²) in [5.41, 5.74) is 1.76. The number of amides is 1. The number of likely N-dealkylation sites (tertiary alicyclic amines) is 1. The Balaban J connectivity index is 2.23. The van der Waals surface area contributed by atoms with Crippen LogP contribution in [0.2, 0.25) is 0 Å². The Morgan fingerprint density at radius 2 is 2.00 bits per heavy atom. The van der Waals surface area contributed by atoms with Gasteiger partial charge < -0.3 is 4.90 Å². The zero-order valence-corrected chi connectivity index (χ0v) is 11.8. The van der Waals surface area contributed by atoms with E-state index in [1.165, 1.54) is 6.42 Å². The van der Waals surface area contributed by atoms with Crippen molar-refractivity contribution in [1.82, 2.24) is 4.90 Å². The second-order valence-corrected chi connectivity index (χ2v) is 5.44. The standard InChI is InChI=1S/C15H20ClNO/c1-11-5-3-6-12(2)17(11)15(18)14-8-4-7-13(9-14)10-16/h4,7-9,11-12H,3,5-6,10H2,1-2H3. The van der Waals surface area contributed by atoms with Gasteiger partial charge in [0.25, 0.3) is 5.91 Å². The van der Waals surface area contributed by atoms with Crippen LogP contribution >= 0.6 is 11.6 Å². The Morgan fingerprint density at radius 1 is 1.33 bits per heavy atom. The molecule has 2 rings (SSSR count). The first kappa shape index (κ1) is 13.4. The van der Waals surface area contributed by atoms with Crippen LogP contribution in [-0.2, 0) is 5.88 Å². The number of nitrogens with zero attached hydrogens (tertiary/aromatic N) is 1. The molecule has 2 atom stereocenters. The van der Waals surface area contributed by atoms with Crippen molar-refractivity contribution in [3.8, 4) is 0 Å². The molecule has 0 saturated carbocycles. The van der Waals surface area contributed by atoms with Gasteiger partial charge in [0.1, 0.15) is 0 Å². The molecular formula is C15H20ClNO. The highest BCUT2D eigenvalue weighted by molar-refractivity contribution is 6.17. The molecule has 0 radical (unpaired) electrons. The fourth-order valence-corrected chi connectivity index (χ4v) is 2.92. The molecule has 1 fully saturated rings. The molecule has 0 bridgehead atoms. The third-order valence-corrected chi connectivity index (χ3v) is 4.06. The maximum absolute atomic E-state index is 12.6. The lowest BCUT2D eigenvalue weighted by molar-refractivity contribution is 0.0510. The molecule has 2 nitrogen and oxygen atoms in total. The van der Waals surface area contributed by atoms with E-state index in [-0.39, 0.29) is 5.91 Å². The normalized spacial score (nSPS) is 24.1. The SMILES string of the molecule is CC1CCCC(C)N1C(=O)c1cccc(CCl)c1. The van der Waals surface area contributed by atoms with Crippen LogP contribution < -0.4 is 0 Å². The van der Waals surface area contributed by atoms with E-state index in [0.29, 0.717) is 18.0 Å². The third-order valence-electron chi connectivity index (χ3n) is 3.76. The van der Waals surface area contributed by atoms with Crippen molar-refractivity contribution in [3.63, 3.8) is 0 Å². The molecule has 1 heterocycles. The number of hydrogen-bond acceptors (Lipinski definition) is 1. The molecular weight excluding hydrogens is 246 g/mol. The van der Waals surface area contributed by atoms with Gasteiger partial charge in [-0.25, -0.2) is 0 Å². The van der Waals surface area contributed by atoms with Crippen molar-refractivity contribution in [1.29, 1.82) is 0 Å². The molecule has 0 aromatic heterocycles. The van der Waals surface area contributed by atoms with Crippen LogP contribution in [-0.4, -0.2) is 22.9 Å². The molecule has 0 spiro atoms. The Kier molecular flexibility index (Phi) is 4.28. The van der Waals surface area contributed by atoms with E-state index in [4.69, 9.17) is 11.6 Å². The molecule has 18 heavy (non-hydrogen) atoms. The fourth-order valence-electron chi connectivity index (χ4n) is 2.76. The van der Waals surface area contributed by atoms with Crippen LogP contribution in [0, 0.1) is 0 Å². The predicted molar refractivity (Wildman–Crippen MR) is 74.9 cm³/mol. The van der Waals surface area contributed by atoms with Crippen LogP contribution in [0.5, 0.6) is 0 Å². The molecule has 98 valence electrons. The lowest BCUT2D eigenvalue weighted by Crippen LogP contribution is -2.47. The smallest absolute Gasteiger partial charge is 0.254 e. The average molecular weight is 266 g/mol. The van der Waals surface area contributed by atoms with Gasteiger partial charge >= 0.3 is 0 Å². The summed E-state index contributed by atoms with van der Waals surface area (Å²) in [6.07, 6.45) is 3.42. The Labute approximate surface area is 114 Å². The number of benzene rings is 1. The first-order valence-electron chi connectivity index (χ1n) is 6.61. The number of carbonyl (C=O) groups is 1. The minimum atomic E-state index is 0.140. The van der Waals surface area contributed by atoms with Gasteiger partial charge in [0.15, 0.2) is 0 Å². The van der Waals surface area contributed by atoms with Crippen molar-refractivity contribution in [2.24, 2.45) is 0 Å². The van der Waals surface area contributed by atoms with Crippen molar-refractivity contribution in [2.75, 3.05) is 0 Å². The van der Waals surface area contributed by atoms with Gasteiger partial charge in [-0.2, -0.15) is 0 Å². The number of alkyl halides is 1. The highest BCUT2D eigenvalue weighted by Gasteiger charge is 2.29. The maximum Gasteiger partial charge on any atom is 0.254 e. The largest absolute Gasteiger partial charge is 0.333 e. The minimum absolute atomic E-state index is 0.140. The summed E-state index contributed by atoms with van der Waals surface area (Å²) < 4.78 is 0. The molecule has 1 aliphatic rings. The molecule has 2 unspecified atom stereocenters. The second kappa shape index (κ2) is 5.75. The highest BCUT2D eigenvalue weighted by Crippen LogP contribution is 2.24. The van der Waals surface area contributed by atoms with E-state index in [9.17, 15) is 4.79 Å². The van der Waals surface area contributed by atoms with Crippen LogP contribution in [0.4, 0.5) is 0 Å². The van der Waals surface area contributed by atoms with Gasteiger partial charge in [0, 0.05) is 23.5 Å². The summed E-state index contributed by atoms with van der Waals surface area (Å²) >= 11 is 5.82. The molecule has 0 N–H and O–H groups in total. The predicted octanol–water partition coefficient (Wildman–Crippen LogP) is 3.83. The Morgan fingerprint density at radius 3 is 2.61 bits per heavy atom. The summed E-state index contributed by atoms with van der Waals surface area (Å²) in [4.78, 5) is 14.6. The summed E-state index contributed by atoms with van der Waals surface area (Å²) in [7, 11) is 0. The van der Waals surface area contributed by atoms with Crippen LogP contribution in [0.3, 0.4) is 0 Å². The Bertz CT molecular complexity index is 422. The molecule has 1 aliphatic heterocycles. The zero-order chi connectivity index (χ0) is 13.1. The quantitative estimate of drug-likeness (QED) is 0.745. The van der Waals surface area contributed by atoms with Gasteiger partial charge in [0.05, 0.1) is 0 Å². The first-order valence-corrected chi connectivity index (χ1v) is 7.14. The highest BCUT2D eigenvalue weighted by atomic mass is 35.5. The molecule has 0 aliphatic carbocycles.